The van der Waals surface area contributed by atoms with E-state index in [-0.39, 0.29) is 5.56 Å². The summed E-state index contributed by atoms with van der Waals surface area (Å²) in [6, 6.07) is 0. The Morgan fingerprint density at radius 1 is 1.46 bits per heavy atom. The molecule has 66 valence electrons. The van der Waals surface area contributed by atoms with Crippen molar-refractivity contribution < 1.29 is 0 Å². The van der Waals surface area contributed by atoms with Crippen LogP contribution in [0.2, 0.25) is 0 Å². The van der Waals surface area contributed by atoms with Gasteiger partial charge in [0.15, 0.2) is 5.65 Å². The maximum atomic E-state index is 11.2. The van der Waals surface area contributed by atoms with Crippen LogP contribution in [-0.2, 0) is 0 Å². The summed E-state index contributed by atoms with van der Waals surface area (Å²) in [5.74, 6) is 0. The molecule has 2 rings (SSSR count). The Labute approximate surface area is 78.0 Å². The van der Waals surface area contributed by atoms with Crippen molar-refractivity contribution in [3.8, 4) is 0 Å². The standard InChI is InChI=1S/C7H6N4OS/c1-13-11-4-10-7(12)5-2-8-3-9-6(5)11/h2-4H,1H3. The molecule has 0 spiro atoms. The summed E-state index contributed by atoms with van der Waals surface area (Å²) in [6.45, 7) is 0. The van der Waals surface area contributed by atoms with Crippen LogP contribution in [-0.4, -0.2) is 25.2 Å². The SMILES string of the molecule is CSn1cnc(=O)c2cncnc21. The molecule has 0 saturated heterocycles. The van der Waals surface area contributed by atoms with Crippen LogP contribution in [0.1, 0.15) is 0 Å². The van der Waals surface area contributed by atoms with Crippen LogP contribution in [0.25, 0.3) is 11.0 Å². The lowest BCUT2D eigenvalue weighted by Crippen LogP contribution is -2.10. The minimum Gasteiger partial charge on any atom is -0.267 e. The zero-order chi connectivity index (χ0) is 9.26. The molecule has 0 saturated carbocycles. The zero-order valence-electron chi connectivity index (χ0n) is 6.84. The van der Waals surface area contributed by atoms with Gasteiger partial charge in [-0.3, -0.25) is 8.77 Å². The van der Waals surface area contributed by atoms with Crippen molar-refractivity contribution in [2.45, 2.75) is 0 Å². The van der Waals surface area contributed by atoms with Crippen molar-refractivity contribution in [2.75, 3.05) is 6.26 Å². The molecule has 0 aliphatic rings. The molecule has 0 unspecified atom stereocenters. The molecule has 2 aromatic heterocycles. The van der Waals surface area contributed by atoms with E-state index < -0.39 is 0 Å². The molecule has 0 bridgehead atoms. The van der Waals surface area contributed by atoms with Gasteiger partial charge in [0.2, 0.25) is 0 Å². The predicted molar refractivity (Wildman–Crippen MR) is 50.5 cm³/mol. The highest BCUT2D eigenvalue weighted by Crippen LogP contribution is 2.08. The lowest BCUT2D eigenvalue weighted by atomic mass is 10.4. The van der Waals surface area contributed by atoms with E-state index in [4.69, 9.17) is 0 Å². The summed E-state index contributed by atoms with van der Waals surface area (Å²) in [6.07, 6.45) is 6.23. The smallest absolute Gasteiger partial charge is 0.267 e. The summed E-state index contributed by atoms with van der Waals surface area (Å²) >= 11 is 1.43. The molecule has 13 heavy (non-hydrogen) atoms. The highest BCUT2D eigenvalue weighted by Gasteiger charge is 2.03. The molecule has 0 aliphatic heterocycles. The highest BCUT2D eigenvalue weighted by molar-refractivity contribution is 7.97. The van der Waals surface area contributed by atoms with E-state index in [0.29, 0.717) is 11.0 Å². The van der Waals surface area contributed by atoms with Gasteiger partial charge in [0.25, 0.3) is 5.56 Å². The fourth-order valence-electron chi connectivity index (χ4n) is 1.01. The van der Waals surface area contributed by atoms with Crippen molar-refractivity contribution in [3.05, 3.63) is 29.2 Å². The number of rotatable bonds is 1. The normalized spacial score (nSPS) is 10.5. The van der Waals surface area contributed by atoms with Crippen molar-refractivity contribution >= 4 is 23.0 Å². The Morgan fingerprint density at radius 2 is 2.31 bits per heavy atom. The molecular formula is C7H6N4OS. The van der Waals surface area contributed by atoms with Gasteiger partial charge in [-0.15, -0.1) is 0 Å². The lowest BCUT2D eigenvalue weighted by Gasteiger charge is -2.02. The first-order chi connectivity index (χ1) is 6.33. The van der Waals surface area contributed by atoms with Crippen LogP contribution in [0.15, 0.2) is 23.6 Å². The minimum absolute atomic E-state index is 0.291. The topological polar surface area (TPSA) is 60.7 Å². The van der Waals surface area contributed by atoms with E-state index in [1.165, 1.54) is 30.8 Å². The Balaban J connectivity index is 2.93. The first kappa shape index (κ1) is 8.18. The number of nitrogens with zero attached hydrogens (tertiary/aromatic N) is 4. The van der Waals surface area contributed by atoms with Crippen LogP contribution in [0.4, 0.5) is 0 Å². The first-order valence-electron chi connectivity index (χ1n) is 3.55. The highest BCUT2D eigenvalue weighted by atomic mass is 32.2. The Kier molecular flexibility index (Phi) is 1.97. The van der Waals surface area contributed by atoms with Crippen LogP contribution in [0.5, 0.6) is 0 Å². The Bertz CT molecular complexity index is 495. The average molecular weight is 194 g/mol. The number of aromatic nitrogens is 4. The van der Waals surface area contributed by atoms with E-state index in [1.54, 1.807) is 3.97 Å². The molecule has 0 amide bonds. The van der Waals surface area contributed by atoms with Gasteiger partial charge in [-0.1, -0.05) is 0 Å². The molecule has 6 heteroatoms. The van der Waals surface area contributed by atoms with Gasteiger partial charge in [0.1, 0.15) is 18.0 Å². The number of hydrogen-bond donors (Lipinski definition) is 0. The van der Waals surface area contributed by atoms with Crippen LogP contribution in [0, 0.1) is 0 Å². The summed E-state index contributed by atoms with van der Waals surface area (Å²) in [5, 5.41) is 0.444. The summed E-state index contributed by atoms with van der Waals surface area (Å²) in [7, 11) is 0. The van der Waals surface area contributed by atoms with E-state index in [0.717, 1.165) is 0 Å². The first-order valence-corrected chi connectivity index (χ1v) is 4.73. The fourth-order valence-corrected chi connectivity index (χ4v) is 1.47. The second kappa shape index (κ2) is 3.14. The van der Waals surface area contributed by atoms with Gasteiger partial charge < -0.3 is 0 Å². The summed E-state index contributed by atoms with van der Waals surface area (Å²) in [5.41, 5.74) is 0.309. The number of hydrogen-bond acceptors (Lipinski definition) is 5. The van der Waals surface area contributed by atoms with Crippen LogP contribution in [0.3, 0.4) is 0 Å². The maximum absolute atomic E-state index is 11.2. The molecule has 0 aromatic carbocycles. The van der Waals surface area contributed by atoms with E-state index in [1.807, 2.05) is 6.26 Å². The Morgan fingerprint density at radius 3 is 3.08 bits per heavy atom. The predicted octanol–water partition coefficient (Wildman–Crippen LogP) is 0.313. The molecule has 2 aromatic rings. The van der Waals surface area contributed by atoms with Gasteiger partial charge in [-0.2, -0.15) is 4.98 Å². The molecule has 0 fully saturated rings. The fraction of sp³-hybridized carbons (Fsp3) is 0.143. The molecular weight excluding hydrogens is 188 g/mol. The summed E-state index contributed by atoms with van der Waals surface area (Å²) in [4.78, 5) is 22.7. The van der Waals surface area contributed by atoms with Crippen molar-refractivity contribution in [1.29, 1.82) is 0 Å². The Hall–Kier alpha value is -1.43. The van der Waals surface area contributed by atoms with Crippen molar-refractivity contribution in [2.24, 2.45) is 0 Å². The monoisotopic (exact) mass is 194 g/mol. The lowest BCUT2D eigenvalue weighted by molar-refractivity contribution is 1.07. The molecule has 0 aliphatic carbocycles. The van der Waals surface area contributed by atoms with Gasteiger partial charge in [-0.05, 0) is 11.9 Å². The second-order valence-corrected chi connectivity index (χ2v) is 3.08. The van der Waals surface area contributed by atoms with E-state index >= 15 is 0 Å². The number of fused-ring (bicyclic) bond motifs is 1. The average Bonchev–Trinajstić information content (AvgIpc) is 2.19. The maximum Gasteiger partial charge on any atom is 0.283 e. The van der Waals surface area contributed by atoms with Crippen molar-refractivity contribution in [3.63, 3.8) is 0 Å². The minimum atomic E-state index is -0.291. The third kappa shape index (κ3) is 1.29. The zero-order valence-corrected chi connectivity index (χ0v) is 7.65. The third-order valence-electron chi connectivity index (χ3n) is 1.61. The molecule has 0 atom stereocenters. The third-order valence-corrected chi connectivity index (χ3v) is 2.27. The molecule has 0 N–H and O–H groups in total. The molecule has 2 heterocycles. The second-order valence-electron chi connectivity index (χ2n) is 2.32. The van der Waals surface area contributed by atoms with Crippen LogP contribution < -0.4 is 5.56 Å². The molecule has 0 radical (unpaired) electrons. The molecule has 5 nitrogen and oxygen atoms in total. The summed E-state index contributed by atoms with van der Waals surface area (Å²) < 4.78 is 1.72. The van der Waals surface area contributed by atoms with Crippen molar-refractivity contribution in [1.82, 2.24) is 18.9 Å². The van der Waals surface area contributed by atoms with Gasteiger partial charge in [0, 0.05) is 12.5 Å². The van der Waals surface area contributed by atoms with Gasteiger partial charge in [-0.25, -0.2) is 9.97 Å². The quantitative estimate of drug-likeness (QED) is 0.654. The largest absolute Gasteiger partial charge is 0.283 e. The van der Waals surface area contributed by atoms with Crippen LogP contribution >= 0.6 is 11.9 Å². The van der Waals surface area contributed by atoms with E-state index in [9.17, 15) is 4.79 Å². The van der Waals surface area contributed by atoms with E-state index in [2.05, 4.69) is 15.0 Å². The van der Waals surface area contributed by atoms with Gasteiger partial charge in [0.05, 0.1) is 0 Å². The van der Waals surface area contributed by atoms with Gasteiger partial charge >= 0.3 is 0 Å².